The lowest BCUT2D eigenvalue weighted by Gasteiger charge is -2.34. The number of hydrogen-bond donors (Lipinski definition) is 1. The maximum absolute atomic E-state index is 13.1. The van der Waals surface area contributed by atoms with Gasteiger partial charge >= 0.3 is 5.97 Å². The number of terminal acetylenes is 1. The van der Waals surface area contributed by atoms with Crippen LogP contribution in [-0.2, 0) is 15.1 Å². The van der Waals surface area contributed by atoms with E-state index in [2.05, 4.69) is 10.8 Å². The van der Waals surface area contributed by atoms with Gasteiger partial charge in [-0.3, -0.25) is 4.90 Å². The highest BCUT2D eigenvalue weighted by molar-refractivity contribution is 5.85. The molecule has 1 heterocycles. The number of likely N-dealkylation sites (tertiary alicyclic amines) is 1. The van der Waals surface area contributed by atoms with Gasteiger partial charge < -0.3 is 9.84 Å². The predicted molar refractivity (Wildman–Crippen MR) is 100 cm³/mol. The van der Waals surface area contributed by atoms with Crippen molar-refractivity contribution < 1.29 is 14.6 Å². The molecule has 3 rings (SSSR count). The summed E-state index contributed by atoms with van der Waals surface area (Å²) in [6.45, 7) is 2.03. The lowest BCUT2D eigenvalue weighted by atomic mass is 9.86. The number of aliphatic hydroxyl groups is 1. The third-order valence-corrected chi connectivity index (χ3v) is 4.73. The van der Waals surface area contributed by atoms with Gasteiger partial charge in [-0.1, -0.05) is 66.6 Å². The molecule has 1 N–H and O–H groups in total. The van der Waals surface area contributed by atoms with Crippen molar-refractivity contribution in [3.05, 3.63) is 71.8 Å². The molecule has 1 atom stereocenters. The number of ether oxygens (including phenoxy) is 1. The Morgan fingerprint density at radius 3 is 2.27 bits per heavy atom. The Balaban J connectivity index is 1.86. The fraction of sp³-hybridized carbons (Fsp3) is 0.318. The summed E-state index contributed by atoms with van der Waals surface area (Å²) >= 11 is 0. The molecule has 2 aromatic rings. The molecule has 1 fully saturated rings. The lowest BCUT2D eigenvalue weighted by molar-refractivity contribution is -0.170. The largest absolute Gasteiger partial charge is 0.458 e. The fourth-order valence-corrected chi connectivity index (χ4v) is 3.38. The zero-order valence-electron chi connectivity index (χ0n) is 14.7. The Morgan fingerprint density at radius 2 is 1.73 bits per heavy atom. The van der Waals surface area contributed by atoms with E-state index in [0.29, 0.717) is 24.2 Å². The molecule has 0 aliphatic carbocycles. The molecular weight excluding hydrogens is 326 g/mol. The maximum Gasteiger partial charge on any atom is 0.348 e. The summed E-state index contributed by atoms with van der Waals surface area (Å²) in [5.74, 6) is 1.98. The topological polar surface area (TPSA) is 49.8 Å². The summed E-state index contributed by atoms with van der Waals surface area (Å²) < 4.78 is 5.74. The third kappa shape index (κ3) is 3.80. The molecule has 0 unspecified atom stereocenters. The van der Waals surface area contributed by atoms with E-state index in [1.807, 2.05) is 12.1 Å². The quantitative estimate of drug-likeness (QED) is 0.666. The number of benzene rings is 2. The molecule has 4 heteroatoms. The van der Waals surface area contributed by atoms with Crippen molar-refractivity contribution in [3.63, 3.8) is 0 Å². The molecular formula is C22H23NO3. The normalized spacial score (nSPS) is 18.1. The SMILES string of the molecule is C#CCN1CCC[C@H](OC(=O)C(O)(c2ccccc2)c2ccccc2)C1. The molecule has 0 radical (unpaired) electrons. The Bertz CT molecular complexity index is 727. The minimum atomic E-state index is -1.84. The average Bonchev–Trinajstić information content (AvgIpc) is 2.69. The van der Waals surface area contributed by atoms with Gasteiger partial charge in [0.25, 0.3) is 0 Å². The Kier molecular flexibility index (Phi) is 5.72. The van der Waals surface area contributed by atoms with E-state index >= 15 is 0 Å². The van der Waals surface area contributed by atoms with Crippen LogP contribution in [0.5, 0.6) is 0 Å². The van der Waals surface area contributed by atoms with Crippen molar-refractivity contribution in [2.24, 2.45) is 0 Å². The van der Waals surface area contributed by atoms with Gasteiger partial charge in [0.2, 0.25) is 5.60 Å². The molecule has 1 saturated heterocycles. The molecule has 4 nitrogen and oxygen atoms in total. The molecule has 134 valence electrons. The highest BCUT2D eigenvalue weighted by Crippen LogP contribution is 2.32. The predicted octanol–water partition coefficient (Wildman–Crippen LogP) is 2.56. The second-order valence-corrected chi connectivity index (χ2v) is 6.55. The maximum atomic E-state index is 13.1. The van der Waals surface area contributed by atoms with Crippen molar-refractivity contribution in [1.29, 1.82) is 0 Å². The highest BCUT2D eigenvalue weighted by atomic mass is 16.6. The summed E-state index contributed by atoms with van der Waals surface area (Å²) in [6.07, 6.45) is 6.80. The second-order valence-electron chi connectivity index (χ2n) is 6.55. The molecule has 2 aromatic carbocycles. The van der Waals surface area contributed by atoms with Crippen LogP contribution in [0, 0.1) is 12.3 Å². The van der Waals surface area contributed by atoms with Gasteiger partial charge in [0.05, 0.1) is 6.54 Å². The van der Waals surface area contributed by atoms with Gasteiger partial charge in [-0.2, -0.15) is 0 Å². The molecule has 0 aromatic heterocycles. The van der Waals surface area contributed by atoms with Crippen molar-refractivity contribution in [3.8, 4) is 12.3 Å². The number of nitrogens with zero attached hydrogens (tertiary/aromatic N) is 1. The standard InChI is InChI=1S/C22H23NO3/c1-2-15-23-16-9-14-20(17-23)26-21(24)22(25,18-10-5-3-6-11-18)19-12-7-4-8-13-19/h1,3-8,10-13,20,25H,9,14-17H2/t20-/m0/s1. The van der Waals surface area contributed by atoms with Crippen LogP contribution < -0.4 is 0 Å². The van der Waals surface area contributed by atoms with E-state index < -0.39 is 11.6 Å². The summed E-state index contributed by atoms with van der Waals surface area (Å²) in [6, 6.07) is 17.8. The molecule has 0 bridgehead atoms. The van der Waals surface area contributed by atoms with E-state index in [0.717, 1.165) is 19.4 Å². The van der Waals surface area contributed by atoms with Crippen molar-refractivity contribution in [1.82, 2.24) is 4.90 Å². The number of piperidine rings is 1. The van der Waals surface area contributed by atoms with Crippen molar-refractivity contribution in [2.75, 3.05) is 19.6 Å². The Hall–Kier alpha value is -2.61. The molecule has 0 saturated carbocycles. The van der Waals surface area contributed by atoms with E-state index in [-0.39, 0.29) is 6.10 Å². The average molecular weight is 349 g/mol. The zero-order chi connectivity index (χ0) is 18.4. The van der Waals surface area contributed by atoms with Crippen LogP contribution in [0.2, 0.25) is 0 Å². The monoisotopic (exact) mass is 349 g/mol. The highest BCUT2D eigenvalue weighted by Gasteiger charge is 2.43. The molecule has 1 aliphatic rings. The van der Waals surface area contributed by atoms with Crippen LogP contribution in [-0.4, -0.2) is 41.7 Å². The van der Waals surface area contributed by atoms with Crippen molar-refractivity contribution >= 4 is 5.97 Å². The first-order valence-corrected chi connectivity index (χ1v) is 8.85. The number of hydrogen-bond acceptors (Lipinski definition) is 4. The summed E-state index contributed by atoms with van der Waals surface area (Å²) in [7, 11) is 0. The summed E-state index contributed by atoms with van der Waals surface area (Å²) in [5.41, 5.74) is -0.850. The van der Waals surface area contributed by atoms with Crippen LogP contribution in [0.1, 0.15) is 24.0 Å². The van der Waals surface area contributed by atoms with Crippen LogP contribution in [0.4, 0.5) is 0 Å². The second kappa shape index (κ2) is 8.18. The van der Waals surface area contributed by atoms with E-state index in [1.54, 1.807) is 48.5 Å². The van der Waals surface area contributed by atoms with Crippen LogP contribution in [0.15, 0.2) is 60.7 Å². The fourth-order valence-electron chi connectivity index (χ4n) is 3.38. The smallest absolute Gasteiger partial charge is 0.348 e. The van der Waals surface area contributed by atoms with Gasteiger partial charge in [-0.15, -0.1) is 6.42 Å². The van der Waals surface area contributed by atoms with Gasteiger partial charge in [-0.05, 0) is 30.5 Å². The van der Waals surface area contributed by atoms with Crippen molar-refractivity contribution in [2.45, 2.75) is 24.5 Å². The first-order valence-electron chi connectivity index (χ1n) is 8.85. The molecule has 26 heavy (non-hydrogen) atoms. The van der Waals surface area contributed by atoms with Gasteiger partial charge in [0.15, 0.2) is 0 Å². The van der Waals surface area contributed by atoms with Crippen LogP contribution in [0.3, 0.4) is 0 Å². The first kappa shape index (κ1) is 18.2. The van der Waals surface area contributed by atoms with Gasteiger partial charge in [-0.25, -0.2) is 4.79 Å². The Labute approximate surface area is 154 Å². The van der Waals surface area contributed by atoms with Gasteiger partial charge in [0, 0.05) is 6.54 Å². The van der Waals surface area contributed by atoms with Crippen LogP contribution in [0.25, 0.3) is 0 Å². The number of carbonyl (C=O) groups excluding carboxylic acids is 1. The minimum absolute atomic E-state index is 0.274. The number of rotatable bonds is 5. The van der Waals surface area contributed by atoms with E-state index in [4.69, 9.17) is 11.2 Å². The number of carbonyl (C=O) groups is 1. The summed E-state index contributed by atoms with van der Waals surface area (Å²) in [4.78, 5) is 15.2. The Morgan fingerprint density at radius 1 is 1.15 bits per heavy atom. The minimum Gasteiger partial charge on any atom is -0.458 e. The van der Waals surface area contributed by atoms with E-state index in [9.17, 15) is 9.90 Å². The third-order valence-electron chi connectivity index (χ3n) is 4.73. The summed E-state index contributed by atoms with van der Waals surface area (Å²) in [5, 5.41) is 11.4. The zero-order valence-corrected chi connectivity index (χ0v) is 14.7. The molecule has 0 amide bonds. The first-order chi connectivity index (χ1) is 12.6. The number of esters is 1. The van der Waals surface area contributed by atoms with Gasteiger partial charge in [0.1, 0.15) is 6.10 Å². The molecule has 1 aliphatic heterocycles. The molecule has 0 spiro atoms. The van der Waals surface area contributed by atoms with E-state index in [1.165, 1.54) is 0 Å². The lowest BCUT2D eigenvalue weighted by Crippen LogP contribution is -2.45. The van der Waals surface area contributed by atoms with Crippen LogP contribution >= 0.6 is 0 Å².